The molecule has 3 amide bonds. The summed E-state index contributed by atoms with van der Waals surface area (Å²) in [6, 6.07) is 24.4. The number of nitrogens with one attached hydrogen (secondary N) is 3. The van der Waals surface area contributed by atoms with E-state index in [1.54, 1.807) is 85.2 Å². The van der Waals surface area contributed by atoms with Gasteiger partial charge in [0.25, 0.3) is 17.5 Å². The van der Waals surface area contributed by atoms with Gasteiger partial charge in [0.15, 0.2) is 0 Å². The van der Waals surface area contributed by atoms with E-state index in [1.807, 2.05) is 0 Å². The molecule has 0 saturated heterocycles. The van der Waals surface area contributed by atoms with Gasteiger partial charge in [0.2, 0.25) is 5.91 Å². The quantitative estimate of drug-likeness (QED) is 0.107. The Labute approximate surface area is 233 Å². The van der Waals surface area contributed by atoms with Crippen molar-refractivity contribution in [3.05, 3.63) is 130 Å². The van der Waals surface area contributed by atoms with Crippen LogP contribution in [0.25, 0.3) is 6.08 Å². The number of nitrogens with zero attached hydrogens (tertiary/aromatic N) is 2. The van der Waals surface area contributed by atoms with Gasteiger partial charge in [0, 0.05) is 40.3 Å². The Bertz CT molecular complexity index is 1560. The Morgan fingerprint density at radius 2 is 1.57 bits per heavy atom. The number of nitro benzene ring substituents is 1. The highest BCUT2D eigenvalue weighted by molar-refractivity contribution is 8.00. The van der Waals surface area contributed by atoms with Crippen molar-refractivity contribution in [1.82, 2.24) is 10.3 Å². The van der Waals surface area contributed by atoms with E-state index < -0.39 is 16.7 Å². The standard InChI is InChI=1S/C29H23N5O5S/c35-27(31-22-13-15-30-16-14-22)19-40-24-11-6-10-23(18-24)32-29(37)25(33-28(36)20-7-2-1-3-8-20)17-21-9-4-5-12-26(21)34(38)39/h1-18H,19H2,(H,32,37)(H,33,36)(H,30,31,35)/b25-17+. The number of rotatable bonds is 10. The molecule has 0 saturated carbocycles. The summed E-state index contributed by atoms with van der Waals surface area (Å²) in [5.74, 6) is -1.30. The molecule has 0 aliphatic carbocycles. The minimum absolute atomic E-state index is 0.135. The first-order valence-electron chi connectivity index (χ1n) is 11.9. The van der Waals surface area contributed by atoms with E-state index >= 15 is 0 Å². The number of carbonyl (C=O) groups is 3. The molecule has 0 unspecified atom stereocenters. The van der Waals surface area contributed by atoms with Crippen molar-refractivity contribution in [1.29, 1.82) is 0 Å². The van der Waals surface area contributed by atoms with Crippen LogP contribution in [0.15, 0.2) is 114 Å². The Hall–Kier alpha value is -5.29. The summed E-state index contributed by atoms with van der Waals surface area (Å²) in [5, 5.41) is 19.6. The third-order valence-electron chi connectivity index (χ3n) is 5.39. The van der Waals surface area contributed by atoms with Crippen LogP contribution in [0.3, 0.4) is 0 Å². The lowest BCUT2D eigenvalue weighted by Gasteiger charge is -2.12. The van der Waals surface area contributed by atoms with Gasteiger partial charge >= 0.3 is 0 Å². The fourth-order valence-corrected chi connectivity index (χ4v) is 4.27. The van der Waals surface area contributed by atoms with E-state index in [0.717, 1.165) is 4.90 Å². The summed E-state index contributed by atoms with van der Waals surface area (Å²) in [6.45, 7) is 0. The smallest absolute Gasteiger partial charge is 0.276 e. The molecule has 40 heavy (non-hydrogen) atoms. The summed E-state index contributed by atoms with van der Waals surface area (Å²) in [5.41, 5.74) is 1.11. The van der Waals surface area contributed by atoms with Crippen molar-refractivity contribution in [2.24, 2.45) is 0 Å². The summed E-state index contributed by atoms with van der Waals surface area (Å²) >= 11 is 1.27. The molecule has 1 heterocycles. The number of pyridine rings is 1. The number of hydrogen-bond donors (Lipinski definition) is 3. The largest absolute Gasteiger partial charge is 0.325 e. The predicted octanol–water partition coefficient (Wildman–Crippen LogP) is 5.13. The third-order valence-corrected chi connectivity index (χ3v) is 6.38. The van der Waals surface area contributed by atoms with Crippen molar-refractivity contribution in [2.45, 2.75) is 4.90 Å². The first-order valence-corrected chi connectivity index (χ1v) is 12.9. The van der Waals surface area contributed by atoms with Gasteiger partial charge in [-0.25, -0.2) is 0 Å². The van der Waals surface area contributed by atoms with Crippen molar-refractivity contribution in [3.63, 3.8) is 0 Å². The normalized spacial score (nSPS) is 10.8. The minimum Gasteiger partial charge on any atom is -0.325 e. The van der Waals surface area contributed by atoms with Crippen molar-refractivity contribution >= 4 is 52.6 Å². The molecule has 0 atom stereocenters. The SMILES string of the molecule is O=C(CSc1cccc(NC(=O)/C(=C\c2ccccc2[N+](=O)[O-])NC(=O)c2ccccc2)c1)Nc1ccncc1. The maximum absolute atomic E-state index is 13.3. The fraction of sp³-hybridized carbons (Fsp3) is 0.0345. The van der Waals surface area contributed by atoms with E-state index in [2.05, 4.69) is 20.9 Å². The molecule has 3 N–H and O–H groups in total. The highest BCUT2D eigenvalue weighted by atomic mass is 32.2. The lowest BCUT2D eigenvalue weighted by Crippen LogP contribution is -2.30. The summed E-state index contributed by atoms with van der Waals surface area (Å²) in [7, 11) is 0. The first kappa shape index (κ1) is 27.7. The molecule has 0 fully saturated rings. The molecular weight excluding hydrogens is 530 g/mol. The lowest BCUT2D eigenvalue weighted by molar-refractivity contribution is -0.385. The maximum Gasteiger partial charge on any atom is 0.276 e. The highest BCUT2D eigenvalue weighted by Gasteiger charge is 2.18. The van der Waals surface area contributed by atoms with Gasteiger partial charge in [0.05, 0.1) is 16.2 Å². The number of anilines is 2. The molecule has 11 heteroatoms. The number of thioether (sulfide) groups is 1. The minimum atomic E-state index is -0.681. The van der Waals surface area contributed by atoms with Gasteiger partial charge in [-0.2, -0.15) is 0 Å². The van der Waals surface area contributed by atoms with Crippen LogP contribution in [0.4, 0.5) is 17.1 Å². The third kappa shape index (κ3) is 7.85. The Morgan fingerprint density at radius 3 is 2.33 bits per heavy atom. The van der Waals surface area contributed by atoms with Crippen molar-refractivity contribution < 1.29 is 19.3 Å². The monoisotopic (exact) mass is 553 g/mol. The molecule has 4 rings (SSSR count). The van der Waals surface area contributed by atoms with Gasteiger partial charge in [-0.1, -0.05) is 36.4 Å². The van der Waals surface area contributed by atoms with Crippen LogP contribution in [0.1, 0.15) is 15.9 Å². The molecular formula is C29H23N5O5S. The van der Waals surface area contributed by atoms with Crippen LogP contribution in [-0.2, 0) is 9.59 Å². The average molecular weight is 554 g/mol. The number of carbonyl (C=O) groups excluding carboxylic acids is 3. The predicted molar refractivity (Wildman–Crippen MR) is 154 cm³/mol. The number of benzene rings is 3. The molecule has 10 nitrogen and oxygen atoms in total. The Kier molecular flexibility index (Phi) is 9.35. The van der Waals surface area contributed by atoms with Crippen LogP contribution in [0.5, 0.6) is 0 Å². The number of nitro groups is 1. The van der Waals surface area contributed by atoms with E-state index in [1.165, 1.54) is 36.0 Å². The van der Waals surface area contributed by atoms with Gasteiger partial charge < -0.3 is 16.0 Å². The lowest BCUT2D eigenvalue weighted by atomic mass is 10.1. The van der Waals surface area contributed by atoms with Gasteiger partial charge in [-0.15, -0.1) is 11.8 Å². The zero-order chi connectivity index (χ0) is 28.3. The average Bonchev–Trinajstić information content (AvgIpc) is 2.97. The number of aromatic nitrogens is 1. The zero-order valence-corrected chi connectivity index (χ0v) is 21.8. The van der Waals surface area contributed by atoms with E-state index in [4.69, 9.17) is 0 Å². The number of hydrogen-bond acceptors (Lipinski definition) is 7. The van der Waals surface area contributed by atoms with Gasteiger partial charge in [0.1, 0.15) is 5.70 Å². The van der Waals surface area contributed by atoms with Crippen LogP contribution < -0.4 is 16.0 Å². The van der Waals surface area contributed by atoms with E-state index in [-0.39, 0.29) is 28.6 Å². The molecule has 0 radical (unpaired) electrons. The molecule has 0 aliphatic heterocycles. The molecule has 0 spiro atoms. The second-order valence-electron chi connectivity index (χ2n) is 8.25. The summed E-state index contributed by atoms with van der Waals surface area (Å²) in [4.78, 5) is 54.0. The van der Waals surface area contributed by atoms with Gasteiger partial charge in [-0.3, -0.25) is 29.5 Å². The van der Waals surface area contributed by atoms with Crippen LogP contribution >= 0.6 is 11.8 Å². The van der Waals surface area contributed by atoms with Crippen LogP contribution in [0, 0.1) is 10.1 Å². The van der Waals surface area contributed by atoms with Crippen LogP contribution in [0.2, 0.25) is 0 Å². The Balaban J connectivity index is 1.51. The maximum atomic E-state index is 13.3. The molecule has 4 aromatic rings. The highest BCUT2D eigenvalue weighted by Crippen LogP contribution is 2.24. The second kappa shape index (κ2) is 13.5. The van der Waals surface area contributed by atoms with E-state index in [0.29, 0.717) is 16.9 Å². The Morgan fingerprint density at radius 1 is 0.850 bits per heavy atom. The van der Waals surface area contributed by atoms with Crippen LogP contribution in [-0.4, -0.2) is 33.4 Å². The number of para-hydroxylation sites is 1. The molecule has 3 aromatic carbocycles. The van der Waals surface area contributed by atoms with Crippen molar-refractivity contribution in [3.8, 4) is 0 Å². The number of amides is 3. The molecule has 200 valence electrons. The molecule has 0 aliphatic rings. The fourth-order valence-electron chi connectivity index (χ4n) is 3.52. The topological polar surface area (TPSA) is 143 Å². The van der Waals surface area contributed by atoms with E-state index in [9.17, 15) is 24.5 Å². The second-order valence-corrected chi connectivity index (χ2v) is 9.30. The van der Waals surface area contributed by atoms with Gasteiger partial charge in [-0.05, 0) is 54.6 Å². The first-order chi connectivity index (χ1) is 19.4. The summed E-state index contributed by atoms with van der Waals surface area (Å²) in [6.07, 6.45) is 4.42. The summed E-state index contributed by atoms with van der Waals surface area (Å²) < 4.78 is 0. The zero-order valence-electron chi connectivity index (χ0n) is 20.9. The molecule has 0 bridgehead atoms. The van der Waals surface area contributed by atoms with Crippen molar-refractivity contribution in [2.75, 3.05) is 16.4 Å². The molecule has 1 aromatic heterocycles.